The Balaban J connectivity index is 2.19. The highest BCUT2D eigenvalue weighted by Gasteiger charge is 2.02. The molecule has 17 heavy (non-hydrogen) atoms. The van der Waals surface area contributed by atoms with Crippen LogP contribution in [0.1, 0.15) is 20.3 Å². The fraction of sp³-hybridized carbons (Fsp3) is 0.500. The van der Waals surface area contributed by atoms with Crippen LogP contribution in [0.15, 0.2) is 22.8 Å². The third kappa shape index (κ3) is 6.26. The van der Waals surface area contributed by atoms with E-state index in [0.717, 1.165) is 16.8 Å². The second kappa shape index (κ2) is 7.27. The summed E-state index contributed by atoms with van der Waals surface area (Å²) in [5, 5.41) is 5.97. The van der Waals surface area contributed by atoms with E-state index in [9.17, 15) is 4.79 Å². The fourth-order valence-corrected chi connectivity index (χ4v) is 1.43. The average molecular weight is 300 g/mol. The van der Waals surface area contributed by atoms with Crippen molar-refractivity contribution in [3.8, 4) is 0 Å². The van der Waals surface area contributed by atoms with Crippen LogP contribution < -0.4 is 10.6 Å². The van der Waals surface area contributed by atoms with Crippen molar-refractivity contribution in [2.45, 2.75) is 20.3 Å². The van der Waals surface area contributed by atoms with Crippen molar-refractivity contribution in [3.05, 3.63) is 22.8 Å². The summed E-state index contributed by atoms with van der Waals surface area (Å²) >= 11 is 3.32. The van der Waals surface area contributed by atoms with E-state index >= 15 is 0 Å². The average Bonchev–Trinajstić information content (AvgIpc) is 2.29. The van der Waals surface area contributed by atoms with E-state index in [1.807, 2.05) is 12.1 Å². The number of nitrogens with one attached hydrogen (secondary N) is 2. The van der Waals surface area contributed by atoms with E-state index in [2.05, 4.69) is 45.4 Å². The maximum Gasteiger partial charge on any atom is 0.221 e. The first-order valence-electron chi connectivity index (χ1n) is 5.70. The zero-order chi connectivity index (χ0) is 12.7. The Morgan fingerprint density at radius 1 is 1.47 bits per heavy atom. The maximum absolute atomic E-state index is 11.4. The van der Waals surface area contributed by atoms with E-state index in [1.54, 1.807) is 6.20 Å². The fourth-order valence-electron chi connectivity index (χ4n) is 1.19. The molecule has 1 aromatic rings. The van der Waals surface area contributed by atoms with Gasteiger partial charge in [0.1, 0.15) is 5.82 Å². The van der Waals surface area contributed by atoms with Gasteiger partial charge in [0, 0.05) is 30.2 Å². The van der Waals surface area contributed by atoms with Crippen LogP contribution in [0.4, 0.5) is 5.82 Å². The first kappa shape index (κ1) is 14.0. The Morgan fingerprint density at radius 2 is 2.24 bits per heavy atom. The molecule has 94 valence electrons. The van der Waals surface area contributed by atoms with Gasteiger partial charge in [-0.3, -0.25) is 4.79 Å². The Hall–Kier alpha value is -1.10. The van der Waals surface area contributed by atoms with Gasteiger partial charge in [0.15, 0.2) is 0 Å². The summed E-state index contributed by atoms with van der Waals surface area (Å²) in [6.07, 6.45) is 2.19. The lowest BCUT2D eigenvalue weighted by molar-refractivity contribution is -0.120. The molecule has 1 rings (SSSR count). The molecule has 0 aromatic carbocycles. The van der Waals surface area contributed by atoms with Crippen LogP contribution in [0.3, 0.4) is 0 Å². The van der Waals surface area contributed by atoms with Gasteiger partial charge in [-0.1, -0.05) is 13.8 Å². The van der Waals surface area contributed by atoms with E-state index in [1.165, 1.54) is 0 Å². The van der Waals surface area contributed by atoms with Crippen molar-refractivity contribution in [1.82, 2.24) is 10.3 Å². The summed E-state index contributed by atoms with van der Waals surface area (Å²) in [5.74, 6) is 1.34. The zero-order valence-electron chi connectivity index (χ0n) is 10.2. The van der Waals surface area contributed by atoms with Crippen LogP contribution in [0.2, 0.25) is 0 Å². The number of carbonyl (C=O) groups excluding carboxylic acids is 1. The van der Waals surface area contributed by atoms with E-state index < -0.39 is 0 Å². The third-order valence-corrected chi connectivity index (χ3v) is 2.56. The monoisotopic (exact) mass is 299 g/mol. The molecule has 0 unspecified atom stereocenters. The Kier molecular flexibility index (Phi) is 5.97. The second-order valence-corrected chi connectivity index (χ2v) is 5.15. The summed E-state index contributed by atoms with van der Waals surface area (Å²) in [6, 6.07) is 3.78. The van der Waals surface area contributed by atoms with E-state index in [0.29, 0.717) is 18.9 Å². The van der Waals surface area contributed by atoms with Gasteiger partial charge < -0.3 is 10.6 Å². The molecule has 0 spiro atoms. The van der Waals surface area contributed by atoms with Gasteiger partial charge in [-0.15, -0.1) is 0 Å². The molecule has 0 aliphatic carbocycles. The van der Waals surface area contributed by atoms with Crippen LogP contribution in [0, 0.1) is 5.92 Å². The molecule has 0 atom stereocenters. The first-order valence-corrected chi connectivity index (χ1v) is 6.49. The van der Waals surface area contributed by atoms with Gasteiger partial charge in [-0.05, 0) is 34.0 Å². The number of hydrogen-bond acceptors (Lipinski definition) is 3. The molecule has 0 aliphatic heterocycles. The molecule has 5 heteroatoms. The van der Waals surface area contributed by atoms with Crippen LogP contribution in [-0.4, -0.2) is 24.0 Å². The Bertz CT molecular complexity index is 351. The molecule has 0 bridgehead atoms. The number of anilines is 1. The van der Waals surface area contributed by atoms with Crippen molar-refractivity contribution < 1.29 is 4.79 Å². The van der Waals surface area contributed by atoms with Crippen LogP contribution in [0.25, 0.3) is 0 Å². The van der Waals surface area contributed by atoms with Crippen molar-refractivity contribution in [1.29, 1.82) is 0 Å². The highest BCUT2D eigenvalue weighted by Crippen LogP contribution is 2.10. The number of halogens is 1. The van der Waals surface area contributed by atoms with Crippen LogP contribution in [0.5, 0.6) is 0 Å². The van der Waals surface area contributed by atoms with Crippen LogP contribution in [-0.2, 0) is 4.79 Å². The molecule has 2 N–H and O–H groups in total. The molecule has 1 heterocycles. The largest absolute Gasteiger partial charge is 0.370 e. The SMILES string of the molecule is CC(C)CNC(=O)CCNc1ccc(Br)cn1. The van der Waals surface area contributed by atoms with Crippen molar-refractivity contribution in [2.75, 3.05) is 18.4 Å². The van der Waals surface area contributed by atoms with E-state index in [4.69, 9.17) is 0 Å². The number of rotatable bonds is 6. The highest BCUT2D eigenvalue weighted by molar-refractivity contribution is 9.10. The highest BCUT2D eigenvalue weighted by atomic mass is 79.9. The van der Waals surface area contributed by atoms with Gasteiger partial charge in [0.25, 0.3) is 0 Å². The molecular weight excluding hydrogens is 282 g/mol. The number of nitrogens with zero attached hydrogens (tertiary/aromatic N) is 1. The molecular formula is C12H18BrN3O. The van der Waals surface area contributed by atoms with Gasteiger partial charge in [-0.25, -0.2) is 4.98 Å². The normalized spacial score (nSPS) is 10.4. The third-order valence-electron chi connectivity index (χ3n) is 2.09. The first-order chi connectivity index (χ1) is 8.08. The zero-order valence-corrected chi connectivity index (χ0v) is 11.8. The van der Waals surface area contributed by atoms with Gasteiger partial charge >= 0.3 is 0 Å². The van der Waals surface area contributed by atoms with Crippen LogP contribution >= 0.6 is 15.9 Å². The maximum atomic E-state index is 11.4. The molecule has 0 fully saturated rings. The van der Waals surface area contributed by atoms with Crippen molar-refractivity contribution in [3.63, 3.8) is 0 Å². The standard InChI is InChI=1S/C12H18BrN3O/c1-9(2)7-16-12(17)5-6-14-11-4-3-10(13)8-15-11/h3-4,8-9H,5-7H2,1-2H3,(H,14,15)(H,16,17). The van der Waals surface area contributed by atoms with Crippen molar-refractivity contribution in [2.24, 2.45) is 5.92 Å². The van der Waals surface area contributed by atoms with E-state index in [-0.39, 0.29) is 5.91 Å². The lowest BCUT2D eigenvalue weighted by Crippen LogP contribution is -2.28. The summed E-state index contributed by atoms with van der Waals surface area (Å²) in [7, 11) is 0. The number of aromatic nitrogens is 1. The van der Waals surface area contributed by atoms with Gasteiger partial charge in [0.05, 0.1) is 0 Å². The molecule has 4 nitrogen and oxygen atoms in total. The number of hydrogen-bond donors (Lipinski definition) is 2. The minimum atomic E-state index is 0.0725. The van der Waals surface area contributed by atoms with Gasteiger partial charge in [0.2, 0.25) is 5.91 Å². The molecule has 1 amide bonds. The predicted octanol–water partition coefficient (Wildman–Crippen LogP) is 2.42. The molecule has 0 saturated carbocycles. The number of amides is 1. The summed E-state index contributed by atoms with van der Waals surface area (Å²) in [4.78, 5) is 15.6. The minimum absolute atomic E-state index is 0.0725. The summed E-state index contributed by atoms with van der Waals surface area (Å²) < 4.78 is 0.942. The molecule has 0 saturated heterocycles. The second-order valence-electron chi connectivity index (χ2n) is 4.24. The predicted molar refractivity (Wildman–Crippen MR) is 72.9 cm³/mol. The Labute approximate surface area is 110 Å². The Morgan fingerprint density at radius 3 is 2.82 bits per heavy atom. The smallest absolute Gasteiger partial charge is 0.221 e. The molecule has 1 aromatic heterocycles. The quantitative estimate of drug-likeness (QED) is 0.848. The number of pyridine rings is 1. The van der Waals surface area contributed by atoms with Crippen molar-refractivity contribution >= 4 is 27.7 Å². The molecule has 0 radical (unpaired) electrons. The molecule has 0 aliphatic rings. The topological polar surface area (TPSA) is 54.0 Å². The summed E-state index contributed by atoms with van der Waals surface area (Å²) in [5.41, 5.74) is 0. The van der Waals surface area contributed by atoms with Gasteiger partial charge in [-0.2, -0.15) is 0 Å². The number of carbonyl (C=O) groups is 1. The summed E-state index contributed by atoms with van der Waals surface area (Å²) in [6.45, 7) is 5.47. The lowest BCUT2D eigenvalue weighted by Gasteiger charge is -2.08. The minimum Gasteiger partial charge on any atom is -0.370 e. The lowest BCUT2D eigenvalue weighted by atomic mass is 10.2.